The summed E-state index contributed by atoms with van der Waals surface area (Å²) in [5, 5.41) is 5.97. The van der Waals surface area contributed by atoms with Crippen LogP contribution in [0.5, 0.6) is 0 Å². The number of likely N-dealkylation sites (N-methyl/N-ethyl adjacent to an activating group) is 1. The molecule has 0 radical (unpaired) electrons. The highest BCUT2D eigenvalue weighted by Gasteiger charge is 2.34. The van der Waals surface area contributed by atoms with Gasteiger partial charge in [-0.05, 0) is 40.9 Å². The Morgan fingerprint density at radius 2 is 1.77 bits per heavy atom. The van der Waals surface area contributed by atoms with Crippen molar-refractivity contribution in [1.29, 1.82) is 0 Å². The highest BCUT2D eigenvalue weighted by atomic mass is 79.9. The van der Waals surface area contributed by atoms with E-state index in [1.54, 1.807) is 0 Å². The smallest absolute Gasteiger partial charge is 0.283 e. The molecule has 1 fully saturated rings. The van der Waals surface area contributed by atoms with Crippen molar-refractivity contribution in [2.45, 2.75) is 24.9 Å². The van der Waals surface area contributed by atoms with Gasteiger partial charge in [0, 0.05) is 16.1 Å². The Hall–Kier alpha value is -2.18. The molecule has 2 aromatic rings. The molecule has 3 N–H and O–H groups in total. The van der Waals surface area contributed by atoms with Crippen molar-refractivity contribution in [3.63, 3.8) is 0 Å². The SMILES string of the molecule is C[NH+](CC(=O)Nc1ccccc1Br)[C@@H](C(=O)NC1CC1)c1ccccc1. The summed E-state index contributed by atoms with van der Waals surface area (Å²) >= 11 is 3.43. The zero-order valence-corrected chi connectivity index (χ0v) is 16.3. The van der Waals surface area contributed by atoms with E-state index >= 15 is 0 Å². The number of quaternary nitrogens is 1. The van der Waals surface area contributed by atoms with Crippen molar-refractivity contribution in [1.82, 2.24) is 5.32 Å². The first-order valence-corrected chi connectivity index (χ1v) is 9.56. The third kappa shape index (κ3) is 4.93. The van der Waals surface area contributed by atoms with E-state index in [4.69, 9.17) is 0 Å². The molecule has 136 valence electrons. The van der Waals surface area contributed by atoms with Crippen molar-refractivity contribution >= 4 is 33.4 Å². The maximum atomic E-state index is 12.8. The first-order valence-electron chi connectivity index (χ1n) is 8.76. The summed E-state index contributed by atoms with van der Waals surface area (Å²) in [5.74, 6) is -0.153. The molecule has 6 heteroatoms. The van der Waals surface area contributed by atoms with Gasteiger partial charge in [-0.1, -0.05) is 42.5 Å². The van der Waals surface area contributed by atoms with Gasteiger partial charge in [0.2, 0.25) is 0 Å². The summed E-state index contributed by atoms with van der Waals surface area (Å²) < 4.78 is 0.831. The normalized spacial score (nSPS) is 15.8. The van der Waals surface area contributed by atoms with Gasteiger partial charge >= 0.3 is 0 Å². The molecule has 3 rings (SSSR count). The lowest BCUT2D eigenvalue weighted by Crippen LogP contribution is -3.11. The number of halogens is 1. The second kappa shape index (κ2) is 8.47. The Balaban J connectivity index is 1.70. The molecule has 2 amide bonds. The highest BCUT2D eigenvalue weighted by Crippen LogP contribution is 2.21. The van der Waals surface area contributed by atoms with Crippen molar-refractivity contribution in [2.24, 2.45) is 0 Å². The summed E-state index contributed by atoms with van der Waals surface area (Å²) in [6, 6.07) is 17.0. The predicted octanol–water partition coefficient (Wildman–Crippen LogP) is 1.92. The average molecular weight is 417 g/mol. The van der Waals surface area contributed by atoms with Gasteiger partial charge < -0.3 is 15.5 Å². The number of carbonyl (C=O) groups excluding carboxylic acids is 2. The predicted molar refractivity (Wildman–Crippen MR) is 105 cm³/mol. The fourth-order valence-electron chi connectivity index (χ4n) is 2.93. The Kier molecular flexibility index (Phi) is 6.06. The van der Waals surface area contributed by atoms with Crippen LogP contribution in [0.25, 0.3) is 0 Å². The Morgan fingerprint density at radius 1 is 1.12 bits per heavy atom. The number of rotatable bonds is 7. The van der Waals surface area contributed by atoms with E-state index in [1.807, 2.05) is 61.6 Å². The van der Waals surface area contributed by atoms with Crippen LogP contribution in [0.15, 0.2) is 59.1 Å². The number of amides is 2. The van der Waals surface area contributed by atoms with Crippen LogP contribution in [-0.4, -0.2) is 31.4 Å². The summed E-state index contributed by atoms with van der Waals surface area (Å²) in [5.41, 5.74) is 1.64. The summed E-state index contributed by atoms with van der Waals surface area (Å²) in [6.07, 6.45) is 2.07. The van der Waals surface area contributed by atoms with Crippen LogP contribution in [0.1, 0.15) is 24.4 Å². The van der Waals surface area contributed by atoms with Crippen molar-refractivity contribution in [2.75, 3.05) is 18.9 Å². The minimum Gasteiger partial charge on any atom is -0.348 e. The van der Waals surface area contributed by atoms with E-state index in [0.29, 0.717) is 0 Å². The lowest BCUT2D eigenvalue weighted by Gasteiger charge is -2.24. The maximum absolute atomic E-state index is 12.8. The molecule has 26 heavy (non-hydrogen) atoms. The van der Waals surface area contributed by atoms with Gasteiger partial charge in [0.05, 0.1) is 12.7 Å². The van der Waals surface area contributed by atoms with Crippen LogP contribution in [-0.2, 0) is 9.59 Å². The number of para-hydroxylation sites is 1. The lowest BCUT2D eigenvalue weighted by molar-refractivity contribution is -0.894. The topological polar surface area (TPSA) is 62.6 Å². The van der Waals surface area contributed by atoms with Crippen LogP contribution in [0.2, 0.25) is 0 Å². The molecule has 1 unspecified atom stereocenters. The van der Waals surface area contributed by atoms with E-state index in [9.17, 15) is 9.59 Å². The van der Waals surface area contributed by atoms with E-state index in [0.717, 1.165) is 33.5 Å². The van der Waals surface area contributed by atoms with Crippen LogP contribution in [0.3, 0.4) is 0 Å². The Bertz CT molecular complexity index is 778. The molecule has 2 atom stereocenters. The third-order valence-electron chi connectivity index (χ3n) is 4.40. The minimum absolute atomic E-state index is 0.0232. The standard InChI is InChI=1S/C20H22BrN3O2/c1-24(13-18(25)23-17-10-6-5-9-16(17)21)19(14-7-3-2-4-8-14)20(26)22-15-11-12-15/h2-10,15,19H,11-13H2,1H3,(H,22,26)(H,23,25)/p+1/t19-/m1/s1. The number of hydrogen-bond donors (Lipinski definition) is 3. The molecular weight excluding hydrogens is 394 g/mol. The third-order valence-corrected chi connectivity index (χ3v) is 5.09. The molecular formula is C20H23BrN3O2+. The molecule has 0 aliphatic heterocycles. The molecule has 5 nitrogen and oxygen atoms in total. The van der Waals surface area contributed by atoms with Crippen LogP contribution >= 0.6 is 15.9 Å². The average Bonchev–Trinajstić information content (AvgIpc) is 3.42. The van der Waals surface area contributed by atoms with Gasteiger partial charge in [0.1, 0.15) is 0 Å². The monoisotopic (exact) mass is 416 g/mol. The molecule has 0 aromatic heterocycles. The van der Waals surface area contributed by atoms with E-state index in [-0.39, 0.29) is 24.4 Å². The first-order chi connectivity index (χ1) is 12.5. The second-order valence-corrected chi connectivity index (χ2v) is 7.53. The second-order valence-electron chi connectivity index (χ2n) is 6.68. The van der Waals surface area contributed by atoms with E-state index in [2.05, 4.69) is 26.6 Å². The highest BCUT2D eigenvalue weighted by molar-refractivity contribution is 9.10. The fourth-order valence-corrected chi connectivity index (χ4v) is 3.31. The number of anilines is 1. The molecule has 2 aromatic carbocycles. The van der Waals surface area contributed by atoms with Gasteiger partial charge in [-0.25, -0.2) is 0 Å². The van der Waals surface area contributed by atoms with Gasteiger partial charge in [-0.3, -0.25) is 9.59 Å². The molecule has 0 spiro atoms. The Labute approximate surface area is 161 Å². The number of hydrogen-bond acceptors (Lipinski definition) is 2. The molecule has 0 heterocycles. The number of carbonyl (C=O) groups is 2. The largest absolute Gasteiger partial charge is 0.348 e. The van der Waals surface area contributed by atoms with Crippen LogP contribution < -0.4 is 15.5 Å². The zero-order chi connectivity index (χ0) is 18.5. The summed E-state index contributed by atoms with van der Waals surface area (Å²) in [7, 11) is 1.88. The fraction of sp³-hybridized carbons (Fsp3) is 0.300. The van der Waals surface area contributed by atoms with Gasteiger partial charge in [-0.2, -0.15) is 0 Å². The Morgan fingerprint density at radius 3 is 2.42 bits per heavy atom. The molecule has 0 bridgehead atoms. The molecule has 1 saturated carbocycles. The summed E-state index contributed by atoms with van der Waals surface area (Å²) in [6.45, 7) is 0.193. The quantitative estimate of drug-likeness (QED) is 0.645. The van der Waals surface area contributed by atoms with Crippen LogP contribution in [0, 0.1) is 0 Å². The minimum atomic E-state index is -0.415. The van der Waals surface area contributed by atoms with Gasteiger partial charge in [0.15, 0.2) is 12.6 Å². The van der Waals surface area contributed by atoms with Crippen molar-refractivity contribution < 1.29 is 14.5 Å². The first kappa shape index (κ1) is 18.6. The zero-order valence-electron chi connectivity index (χ0n) is 14.7. The molecule has 1 aliphatic carbocycles. The van der Waals surface area contributed by atoms with E-state index in [1.165, 1.54) is 0 Å². The van der Waals surface area contributed by atoms with Crippen LogP contribution in [0.4, 0.5) is 5.69 Å². The number of benzene rings is 2. The van der Waals surface area contributed by atoms with E-state index < -0.39 is 6.04 Å². The molecule has 1 aliphatic rings. The van der Waals surface area contributed by atoms with Crippen molar-refractivity contribution in [3.05, 3.63) is 64.6 Å². The molecule has 0 saturated heterocycles. The number of nitrogens with one attached hydrogen (secondary N) is 3. The lowest BCUT2D eigenvalue weighted by atomic mass is 10.0. The van der Waals surface area contributed by atoms with Crippen molar-refractivity contribution in [3.8, 4) is 0 Å². The summed E-state index contributed by atoms with van der Waals surface area (Å²) in [4.78, 5) is 26.1. The maximum Gasteiger partial charge on any atom is 0.283 e. The van der Waals surface area contributed by atoms with Gasteiger partial charge in [0.25, 0.3) is 11.8 Å². The van der Waals surface area contributed by atoms with Gasteiger partial charge in [-0.15, -0.1) is 0 Å².